The minimum absolute atomic E-state index is 0.00616. The predicted octanol–water partition coefficient (Wildman–Crippen LogP) is 4.44. The Hall–Kier alpha value is -4.72. The maximum Gasteiger partial charge on any atom is 0.255 e. The zero-order valence-electron chi connectivity index (χ0n) is 31.7. The van der Waals surface area contributed by atoms with E-state index in [1.54, 1.807) is 7.11 Å². The number of piperidine rings is 1. The number of aromatic nitrogens is 1. The molecule has 0 radical (unpaired) electrons. The zero-order chi connectivity index (χ0) is 38.8. The van der Waals surface area contributed by atoms with Crippen LogP contribution in [0.3, 0.4) is 0 Å². The van der Waals surface area contributed by atoms with Crippen LogP contribution in [0.1, 0.15) is 72.6 Å². The third kappa shape index (κ3) is 8.97. The van der Waals surface area contributed by atoms with Crippen molar-refractivity contribution in [1.29, 1.82) is 0 Å². The highest BCUT2D eigenvalue weighted by Crippen LogP contribution is 2.37. The first kappa shape index (κ1) is 39.0. The fourth-order valence-electron chi connectivity index (χ4n) is 7.19. The fraction of sp³-hybridized carbons (Fsp3) is 0.525. The lowest BCUT2D eigenvalue weighted by atomic mass is 9.77. The maximum absolute atomic E-state index is 14.7. The first-order valence-corrected chi connectivity index (χ1v) is 20.3. The Morgan fingerprint density at radius 3 is 2.33 bits per heavy atom. The van der Waals surface area contributed by atoms with Crippen molar-refractivity contribution in [2.45, 2.75) is 96.1 Å². The third-order valence-electron chi connectivity index (χ3n) is 10.6. The molecular weight excluding hydrogens is 711 g/mol. The molecule has 54 heavy (non-hydrogen) atoms. The highest BCUT2D eigenvalue weighted by atomic mass is 32.2. The number of hydrogen-bond donors (Lipinski definition) is 2. The number of nitrogens with zero attached hydrogens (tertiary/aromatic N) is 3. The van der Waals surface area contributed by atoms with Crippen LogP contribution in [0.5, 0.6) is 11.5 Å². The van der Waals surface area contributed by atoms with Gasteiger partial charge >= 0.3 is 0 Å². The molecule has 14 heteroatoms. The van der Waals surface area contributed by atoms with Crippen LogP contribution in [0.25, 0.3) is 22.2 Å². The lowest BCUT2D eigenvalue weighted by molar-refractivity contribution is -0.148. The van der Waals surface area contributed by atoms with Gasteiger partial charge in [-0.1, -0.05) is 51.1 Å². The first-order valence-electron chi connectivity index (χ1n) is 18.8. The molecule has 0 unspecified atom stereocenters. The minimum atomic E-state index is -3.83. The molecule has 1 aromatic heterocycles. The summed E-state index contributed by atoms with van der Waals surface area (Å²) < 4.78 is 39.2. The Bertz CT molecular complexity index is 1990. The number of benzene rings is 2. The number of hydrogen-bond acceptors (Lipinski definition) is 9. The van der Waals surface area contributed by atoms with E-state index in [1.165, 1.54) is 11.8 Å². The standard InChI is InChI=1S/C40H51N5O8S/c1-25(37(47)43-54(50,51)29-15-16-29)41-38(48)34-21-28(24-45(34)39(49)31(40(2,3)4)22-36(46)44-18-10-7-11-19-44)53-35-23-32(26-12-8-6-9-13-26)42-33-20-27(52-5)14-17-30(33)35/h6,8-9,12-14,17,20,23,25,28-29,31,34H,7,10-11,15-16,18-19,21-22,24H2,1-5H3,(H,41,48)(H,43,47)/t25-,28+,31+,34-/m0/s1. The number of carbonyl (C=O) groups is 4. The average molecular weight is 762 g/mol. The largest absolute Gasteiger partial charge is 0.497 e. The molecule has 2 N–H and O–H groups in total. The Kier molecular flexibility index (Phi) is 11.5. The van der Waals surface area contributed by atoms with Gasteiger partial charge < -0.3 is 24.6 Å². The smallest absolute Gasteiger partial charge is 0.255 e. The number of methoxy groups -OCH3 is 1. The number of rotatable bonds is 12. The van der Waals surface area contributed by atoms with Crippen LogP contribution in [0, 0.1) is 11.3 Å². The van der Waals surface area contributed by atoms with E-state index < -0.39 is 56.6 Å². The van der Waals surface area contributed by atoms with Crippen molar-refractivity contribution in [1.82, 2.24) is 24.8 Å². The number of amides is 4. The summed E-state index contributed by atoms with van der Waals surface area (Å²) >= 11 is 0. The number of nitrogens with one attached hydrogen (secondary N) is 2. The second-order valence-electron chi connectivity index (χ2n) is 15.7. The van der Waals surface area contributed by atoms with Gasteiger partial charge in [-0.2, -0.15) is 0 Å². The molecule has 2 aromatic carbocycles. The molecule has 290 valence electrons. The molecule has 3 aromatic rings. The summed E-state index contributed by atoms with van der Waals surface area (Å²) in [6.45, 7) is 8.48. The minimum Gasteiger partial charge on any atom is -0.497 e. The molecule has 6 rings (SSSR count). The summed E-state index contributed by atoms with van der Waals surface area (Å²) in [5, 5.41) is 2.75. The van der Waals surface area contributed by atoms with Crippen molar-refractivity contribution in [3.05, 3.63) is 54.6 Å². The lowest BCUT2D eigenvalue weighted by Crippen LogP contribution is -2.54. The van der Waals surface area contributed by atoms with Gasteiger partial charge in [0.05, 0.1) is 36.0 Å². The molecule has 2 aliphatic heterocycles. The molecule has 0 spiro atoms. The average Bonchev–Trinajstić information content (AvgIpc) is 3.94. The summed E-state index contributed by atoms with van der Waals surface area (Å²) in [6, 6.07) is 14.7. The quantitative estimate of drug-likeness (QED) is 0.272. The number of fused-ring (bicyclic) bond motifs is 1. The molecule has 3 fully saturated rings. The molecule has 2 saturated heterocycles. The van der Waals surface area contributed by atoms with Crippen LogP contribution in [0.2, 0.25) is 0 Å². The zero-order valence-corrected chi connectivity index (χ0v) is 32.5. The van der Waals surface area contributed by atoms with Crippen molar-refractivity contribution in [2.75, 3.05) is 26.7 Å². The van der Waals surface area contributed by atoms with Gasteiger partial charge in [0.15, 0.2) is 0 Å². The number of sulfonamides is 1. The molecule has 4 atom stereocenters. The SMILES string of the molecule is COc1ccc2c(O[C@@H]3C[C@@H](C(=O)N[C@@H](C)C(=O)NS(=O)(=O)C4CC4)N(C(=O)[C@@H](CC(=O)N4CCCCC4)C(C)(C)C)C3)cc(-c3ccccc3)nc2c1. The Morgan fingerprint density at radius 1 is 0.981 bits per heavy atom. The highest BCUT2D eigenvalue weighted by Gasteiger charge is 2.47. The van der Waals surface area contributed by atoms with Gasteiger partial charge in [0.25, 0.3) is 5.91 Å². The molecule has 3 aliphatic rings. The third-order valence-corrected chi connectivity index (χ3v) is 12.4. The fourth-order valence-corrected chi connectivity index (χ4v) is 8.57. The molecule has 13 nitrogen and oxygen atoms in total. The van der Waals surface area contributed by atoms with Gasteiger partial charge in [0.1, 0.15) is 29.7 Å². The van der Waals surface area contributed by atoms with E-state index in [1.807, 2.05) is 80.3 Å². The summed E-state index contributed by atoms with van der Waals surface area (Å²) in [7, 11) is -2.25. The van der Waals surface area contributed by atoms with E-state index in [4.69, 9.17) is 14.5 Å². The Labute approximate surface area is 317 Å². The second-order valence-corrected chi connectivity index (χ2v) is 17.7. The van der Waals surface area contributed by atoms with Crippen molar-refractivity contribution >= 4 is 44.6 Å². The van der Waals surface area contributed by atoms with E-state index in [0.717, 1.165) is 24.8 Å². The van der Waals surface area contributed by atoms with Gasteiger partial charge in [-0.3, -0.25) is 23.9 Å². The van der Waals surface area contributed by atoms with Gasteiger partial charge in [-0.05, 0) is 56.6 Å². The summed E-state index contributed by atoms with van der Waals surface area (Å²) in [5.41, 5.74) is 1.54. The van der Waals surface area contributed by atoms with Gasteiger partial charge in [0, 0.05) is 49.0 Å². The van der Waals surface area contributed by atoms with Crippen molar-refractivity contribution in [2.24, 2.45) is 11.3 Å². The normalized spacial score (nSPS) is 20.2. The van der Waals surface area contributed by atoms with Crippen LogP contribution < -0.4 is 19.5 Å². The van der Waals surface area contributed by atoms with Crippen molar-refractivity contribution in [3.63, 3.8) is 0 Å². The van der Waals surface area contributed by atoms with Crippen LogP contribution in [-0.2, 0) is 29.2 Å². The van der Waals surface area contributed by atoms with Gasteiger partial charge in [-0.15, -0.1) is 0 Å². The van der Waals surface area contributed by atoms with Crippen LogP contribution in [0.4, 0.5) is 0 Å². The Balaban J connectivity index is 1.30. The Morgan fingerprint density at radius 2 is 1.69 bits per heavy atom. The second kappa shape index (κ2) is 15.9. The van der Waals surface area contributed by atoms with Crippen LogP contribution in [-0.4, -0.2) is 97.0 Å². The van der Waals surface area contributed by atoms with E-state index in [-0.39, 0.29) is 31.2 Å². The number of ether oxygens (including phenoxy) is 2. The molecule has 1 aliphatic carbocycles. The summed E-state index contributed by atoms with van der Waals surface area (Å²) in [6.07, 6.45) is 3.29. The molecule has 0 bridgehead atoms. The van der Waals surface area contributed by atoms with Gasteiger partial charge in [0.2, 0.25) is 27.7 Å². The van der Waals surface area contributed by atoms with Crippen LogP contribution >= 0.6 is 0 Å². The molecular formula is C40H51N5O8S. The van der Waals surface area contributed by atoms with E-state index >= 15 is 0 Å². The van der Waals surface area contributed by atoms with E-state index in [2.05, 4.69) is 10.0 Å². The molecule has 4 amide bonds. The van der Waals surface area contributed by atoms with E-state index in [0.29, 0.717) is 54.0 Å². The molecule has 3 heterocycles. The predicted molar refractivity (Wildman–Crippen MR) is 204 cm³/mol. The number of carbonyl (C=O) groups excluding carboxylic acids is 4. The van der Waals surface area contributed by atoms with E-state index in [9.17, 15) is 27.6 Å². The van der Waals surface area contributed by atoms with Crippen molar-refractivity contribution in [3.8, 4) is 22.8 Å². The summed E-state index contributed by atoms with van der Waals surface area (Å²) in [5.74, 6) is -1.55. The number of pyridine rings is 1. The van der Waals surface area contributed by atoms with Crippen molar-refractivity contribution < 1.29 is 37.1 Å². The lowest BCUT2D eigenvalue weighted by Gasteiger charge is -2.36. The monoisotopic (exact) mass is 761 g/mol. The topological polar surface area (TPSA) is 164 Å². The summed E-state index contributed by atoms with van der Waals surface area (Å²) in [4.78, 5) is 63.4. The van der Waals surface area contributed by atoms with Crippen LogP contribution in [0.15, 0.2) is 54.6 Å². The molecule has 1 saturated carbocycles. The highest BCUT2D eigenvalue weighted by molar-refractivity contribution is 7.90. The number of likely N-dealkylation sites (tertiary alicyclic amines) is 2. The first-order chi connectivity index (χ1) is 25.6. The maximum atomic E-state index is 14.7. The van der Waals surface area contributed by atoms with Gasteiger partial charge in [-0.25, -0.2) is 13.4 Å².